The Kier molecular flexibility index (Phi) is 3.59. The first-order chi connectivity index (χ1) is 8.97. The normalized spacial score (nSPS) is 12.4. The summed E-state index contributed by atoms with van der Waals surface area (Å²) >= 11 is 0. The van der Waals surface area contributed by atoms with E-state index >= 15 is 0 Å². The van der Waals surface area contributed by atoms with Crippen LogP contribution in [0.1, 0.15) is 34.9 Å². The number of aliphatic carboxylic acids is 1. The van der Waals surface area contributed by atoms with Crippen LogP contribution in [0, 0.1) is 13.8 Å². The highest BCUT2D eigenvalue weighted by Crippen LogP contribution is 2.28. The van der Waals surface area contributed by atoms with Gasteiger partial charge < -0.3 is 5.11 Å². The Labute approximate surface area is 111 Å². The first-order valence-electron chi connectivity index (χ1n) is 6.00. The molecule has 1 unspecified atom stereocenters. The Balaban J connectivity index is 2.48. The summed E-state index contributed by atoms with van der Waals surface area (Å²) in [5.41, 5.74) is 3.06. The lowest BCUT2D eigenvalue weighted by molar-refractivity contribution is -0.137. The van der Waals surface area contributed by atoms with E-state index in [1.165, 1.54) is 4.80 Å². The van der Waals surface area contributed by atoms with Crippen molar-refractivity contribution in [3.05, 3.63) is 40.7 Å². The topological polar surface area (TPSA) is 80.9 Å². The summed E-state index contributed by atoms with van der Waals surface area (Å²) < 4.78 is 0. The van der Waals surface area contributed by atoms with E-state index in [1.807, 2.05) is 32.0 Å². The lowest BCUT2D eigenvalue weighted by Crippen LogP contribution is -2.11. The molecule has 0 fully saturated rings. The highest BCUT2D eigenvalue weighted by atomic mass is 16.4. The lowest BCUT2D eigenvalue weighted by Gasteiger charge is -2.15. The second kappa shape index (κ2) is 5.17. The molecule has 0 bridgehead atoms. The molecule has 6 nitrogen and oxygen atoms in total. The number of carboxylic acid groups (broad SMARTS) is 1. The maximum absolute atomic E-state index is 11.1. The monoisotopic (exact) mass is 260 g/mol. The number of hydrogen-bond donors (Lipinski definition) is 1. The Bertz CT molecular complexity index is 606. The van der Waals surface area contributed by atoms with Gasteiger partial charge in [-0.15, -0.1) is 10.2 Å². The second-order valence-corrected chi connectivity index (χ2v) is 4.65. The number of aryl methyl sites for hydroxylation is 3. The molecule has 1 aromatic heterocycles. The first-order valence-corrected chi connectivity index (χ1v) is 6.00. The predicted octanol–water partition coefficient (Wildman–Crippen LogP) is 1.43. The summed E-state index contributed by atoms with van der Waals surface area (Å²) in [5.74, 6) is -0.803. The molecule has 0 amide bonds. The molecular formula is C13H16N4O2. The molecule has 1 N–H and O–H groups in total. The number of rotatable bonds is 4. The minimum absolute atomic E-state index is 0.0456. The van der Waals surface area contributed by atoms with Gasteiger partial charge in [-0.3, -0.25) is 4.79 Å². The smallest absolute Gasteiger partial charge is 0.304 e. The minimum Gasteiger partial charge on any atom is -0.481 e. The third-order valence-corrected chi connectivity index (χ3v) is 3.02. The van der Waals surface area contributed by atoms with E-state index in [1.54, 1.807) is 7.05 Å². The van der Waals surface area contributed by atoms with Crippen molar-refractivity contribution < 1.29 is 9.90 Å². The number of carbonyl (C=O) groups is 1. The first kappa shape index (κ1) is 13.2. The Hall–Kier alpha value is -2.24. The van der Waals surface area contributed by atoms with Crippen LogP contribution in [0.5, 0.6) is 0 Å². The Morgan fingerprint density at radius 1 is 1.42 bits per heavy atom. The van der Waals surface area contributed by atoms with Crippen molar-refractivity contribution in [2.45, 2.75) is 26.2 Å². The standard InChI is InChI=1S/C13H16N4O2/c1-8-4-5-9(2)10(6-8)11(7-12(18)19)13-14-16-17(3)15-13/h4-6,11H,7H2,1-3H3,(H,18,19). The maximum Gasteiger partial charge on any atom is 0.304 e. The number of tetrazole rings is 1. The van der Waals surface area contributed by atoms with Gasteiger partial charge in [-0.1, -0.05) is 23.8 Å². The summed E-state index contributed by atoms with van der Waals surface area (Å²) in [7, 11) is 1.66. The quantitative estimate of drug-likeness (QED) is 0.899. The molecule has 6 heteroatoms. The van der Waals surface area contributed by atoms with Gasteiger partial charge in [0.25, 0.3) is 0 Å². The molecule has 2 aromatic rings. The summed E-state index contributed by atoms with van der Waals surface area (Å²) in [4.78, 5) is 12.4. The van der Waals surface area contributed by atoms with Gasteiger partial charge in [0.15, 0.2) is 5.82 Å². The molecule has 1 atom stereocenters. The third-order valence-electron chi connectivity index (χ3n) is 3.02. The van der Waals surface area contributed by atoms with Gasteiger partial charge in [0, 0.05) is 0 Å². The predicted molar refractivity (Wildman–Crippen MR) is 68.8 cm³/mol. The van der Waals surface area contributed by atoms with Crippen LogP contribution in [0.3, 0.4) is 0 Å². The summed E-state index contributed by atoms with van der Waals surface area (Å²) in [5, 5.41) is 21.0. The van der Waals surface area contributed by atoms with Crippen LogP contribution in [-0.4, -0.2) is 31.3 Å². The van der Waals surface area contributed by atoms with E-state index in [4.69, 9.17) is 5.11 Å². The minimum atomic E-state index is -0.877. The van der Waals surface area contributed by atoms with E-state index in [0.717, 1.165) is 16.7 Å². The van der Waals surface area contributed by atoms with Crippen molar-refractivity contribution in [3.63, 3.8) is 0 Å². The van der Waals surface area contributed by atoms with Crippen LogP contribution in [0.2, 0.25) is 0 Å². The van der Waals surface area contributed by atoms with E-state index in [9.17, 15) is 4.79 Å². The van der Waals surface area contributed by atoms with Crippen molar-refractivity contribution in [3.8, 4) is 0 Å². The van der Waals surface area contributed by atoms with Crippen molar-refractivity contribution in [1.29, 1.82) is 0 Å². The number of carboxylic acids is 1. The van der Waals surface area contributed by atoms with E-state index in [2.05, 4.69) is 15.4 Å². The number of aromatic nitrogens is 4. The van der Waals surface area contributed by atoms with Crippen LogP contribution in [0.25, 0.3) is 0 Å². The molecule has 0 aliphatic rings. The van der Waals surface area contributed by atoms with E-state index in [-0.39, 0.29) is 12.3 Å². The van der Waals surface area contributed by atoms with E-state index in [0.29, 0.717) is 5.82 Å². The van der Waals surface area contributed by atoms with Gasteiger partial charge in [-0.25, -0.2) is 0 Å². The van der Waals surface area contributed by atoms with Crippen molar-refractivity contribution in [2.24, 2.45) is 7.05 Å². The molecule has 0 spiro atoms. The third kappa shape index (κ3) is 2.96. The number of nitrogens with zero attached hydrogens (tertiary/aromatic N) is 4. The fraction of sp³-hybridized carbons (Fsp3) is 0.385. The Morgan fingerprint density at radius 3 is 2.74 bits per heavy atom. The van der Waals surface area contributed by atoms with Gasteiger partial charge >= 0.3 is 5.97 Å². The van der Waals surface area contributed by atoms with Gasteiger partial charge in [0.1, 0.15) is 0 Å². The lowest BCUT2D eigenvalue weighted by atomic mass is 9.90. The SMILES string of the molecule is Cc1ccc(C)c(C(CC(=O)O)c2nnn(C)n2)c1. The molecule has 1 heterocycles. The molecule has 0 aliphatic heterocycles. The van der Waals surface area contributed by atoms with Gasteiger partial charge in [-0.05, 0) is 30.2 Å². The number of benzene rings is 1. The molecule has 100 valence electrons. The summed E-state index contributed by atoms with van der Waals surface area (Å²) in [6.45, 7) is 3.94. The number of hydrogen-bond acceptors (Lipinski definition) is 4. The highest BCUT2D eigenvalue weighted by Gasteiger charge is 2.24. The van der Waals surface area contributed by atoms with Gasteiger partial charge in [0.2, 0.25) is 0 Å². The molecule has 0 saturated carbocycles. The zero-order chi connectivity index (χ0) is 14.0. The molecule has 1 aromatic carbocycles. The zero-order valence-corrected chi connectivity index (χ0v) is 11.2. The largest absolute Gasteiger partial charge is 0.481 e. The van der Waals surface area contributed by atoms with Crippen LogP contribution in [-0.2, 0) is 11.8 Å². The molecule has 0 saturated heterocycles. The summed E-state index contributed by atoms with van der Waals surface area (Å²) in [6, 6.07) is 5.97. The fourth-order valence-corrected chi connectivity index (χ4v) is 2.09. The van der Waals surface area contributed by atoms with Crippen LogP contribution in [0.15, 0.2) is 18.2 Å². The van der Waals surface area contributed by atoms with Crippen molar-refractivity contribution >= 4 is 5.97 Å². The molecular weight excluding hydrogens is 244 g/mol. The average molecular weight is 260 g/mol. The fourth-order valence-electron chi connectivity index (χ4n) is 2.09. The highest BCUT2D eigenvalue weighted by molar-refractivity contribution is 5.69. The molecule has 0 radical (unpaired) electrons. The maximum atomic E-state index is 11.1. The van der Waals surface area contributed by atoms with Gasteiger partial charge in [0.05, 0.1) is 19.4 Å². The Morgan fingerprint density at radius 2 is 2.16 bits per heavy atom. The van der Waals surface area contributed by atoms with E-state index < -0.39 is 5.97 Å². The molecule has 19 heavy (non-hydrogen) atoms. The molecule has 2 rings (SSSR count). The van der Waals surface area contributed by atoms with Gasteiger partial charge in [-0.2, -0.15) is 4.80 Å². The summed E-state index contributed by atoms with van der Waals surface area (Å²) in [6.07, 6.45) is -0.0456. The van der Waals surface area contributed by atoms with Crippen LogP contribution >= 0.6 is 0 Å². The van der Waals surface area contributed by atoms with Crippen molar-refractivity contribution in [1.82, 2.24) is 20.2 Å². The van der Waals surface area contributed by atoms with Crippen LogP contribution < -0.4 is 0 Å². The van der Waals surface area contributed by atoms with Crippen molar-refractivity contribution in [2.75, 3.05) is 0 Å². The molecule has 0 aliphatic carbocycles. The average Bonchev–Trinajstić information content (AvgIpc) is 2.76. The van der Waals surface area contributed by atoms with Crippen LogP contribution in [0.4, 0.5) is 0 Å². The second-order valence-electron chi connectivity index (χ2n) is 4.65. The zero-order valence-electron chi connectivity index (χ0n) is 11.2.